The summed E-state index contributed by atoms with van der Waals surface area (Å²) in [6.07, 6.45) is 4.27. The predicted molar refractivity (Wildman–Crippen MR) is 165 cm³/mol. The fourth-order valence-corrected chi connectivity index (χ4v) is 5.01. The Kier molecular flexibility index (Phi) is 19.1. The molecule has 5 nitrogen and oxygen atoms in total. The van der Waals surface area contributed by atoms with Crippen molar-refractivity contribution in [2.24, 2.45) is 16.2 Å². The second-order valence-electron chi connectivity index (χ2n) is 14.6. The third kappa shape index (κ3) is 21.8. The number of likely N-dealkylation sites (N-methyl/N-ethyl adjacent to an activating group) is 1. The smallest absolute Gasteiger partial charge is 0.0110 e. The third-order valence-corrected chi connectivity index (χ3v) is 6.35. The van der Waals surface area contributed by atoms with Crippen LogP contribution in [0.25, 0.3) is 0 Å². The minimum atomic E-state index is 0. The van der Waals surface area contributed by atoms with Crippen LogP contribution in [0.4, 0.5) is 0 Å². The minimum absolute atomic E-state index is 0. The van der Waals surface area contributed by atoms with Crippen molar-refractivity contribution < 1.29 is 0 Å². The Hall–Kier alpha value is -0.200. The first-order valence-corrected chi connectivity index (χ1v) is 14.2. The highest BCUT2D eigenvalue weighted by Crippen LogP contribution is 2.19. The lowest BCUT2D eigenvalue weighted by molar-refractivity contribution is 0.117. The van der Waals surface area contributed by atoms with Gasteiger partial charge >= 0.3 is 0 Å². The number of hydrogen-bond acceptors (Lipinski definition) is 5. The van der Waals surface area contributed by atoms with E-state index in [2.05, 4.69) is 94.3 Å². The summed E-state index contributed by atoms with van der Waals surface area (Å²) in [5.41, 5.74) is 1.39. The maximum Gasteiger partial charge on any atom is 0.0110 e. The summed E-state index contributed by atoms with van der Waals surface area (Å²) < 4.78 is 0. The second kappa shape index (κ2) is 18.2. The highest BCUT2D eigenvalue weighted by Gasteiger charge is 2.20. The molecule has 0 aromatic carbocycles. The van der Waals surface area contributed by atoms with Crippen LogP contribution in [-0.2, 0) is 0 Å². The molecule has 5 heteroatoms. The molecule has 0 saturated carbocycles. The molecule has 0 aromatic rings. The highest BCUT2D eigenvalue weighted by atomic mass is 15.2. The van der Waals surface area contributed by atoms with Gasteiger partial charge in [0, 0.05) is 72.0 Å². The molecule has 0 unspecified atom stereocenters. The van der Waals surface area contributed by atoms with Gasteiger partial charge in [-0.1, -0.05) is 83.6 Å². The van der Waals surface area contributed by atoms with Crippen molar-refractivity contribution in [3.8, 4) is 0 Å². The van der Waals surface area contributed by atoms with Gasteiger partial charge in [0.15, 0.2) is 0 Å². The van der Waals surface area contributed by atoms with Crippen molar-refractivity contribution in [2.75, 3.05) is 92.1 Å². The fraction of sp³-hybridized carbons (Fsp3) is 1.00. The Morgan fingerprint density at radius 1 is 0.472 bits per heavy atom. The van der Waals surface area contributed by atoms with Gasteiger partial charge in [0.2, 0.25) is 0 Å². The van der Waals surface area contributed by atoms with Crippen LogP contribution in [0, 0.1) is 16.2 Å². The van der Waals surface area contributed by atoms with E-state index in [0.29, 0.717) is 16.2 Å². The highest BCUT2D eigenvalue weighted by molar-refractivity contribution is 4.75. The molecule has 220 valence electrons. The van der Waals surface area contributed by atoms with Crippen LogP contribution in [0.5, 0.6) is 0 Å². The average Bonchev–Trinajstić information content (AvgIpc) is 2.69. The number of piperidine rings is 1. The SMILES string of the molecule is C.C.CC(C)(C)CN1CCCCC1.CC(C)(C)CN1CCNCC1.CN1CCN(CC(C)(C)C)CC1. The Balaban J connectivity index is 0. The lowest BCUT2D eigenvalue weighted by atomic mass is 9.95. The van der Waals surface area contributed by atoms with Gasteiger partial charge in [-0.05, 0) is 49.2 Å². The van der Waals surface area contributed by atoms with Gasteiger partial charge in [-0.25, -0.2) is 0 Å². The monoisotopic (exact) mass is 514 g/mol. The molecule has 3 heterocycles. The summed E-state index contributed by atoms with van der Waals surface area (Å²) in [5.74, 6) is 0. The van der Waals surface area contributed by atoms with E-state index in [0.717, 1.165) is 13.1 Å². The lowest BCUT2D eigenvalue weighted by Crippen LogP contribution is -2.47. The van der Waals surface area contributed by atoms with Gasteiger partial charge in [-0.2, -0.15) is 0 Å². The van der Waals surface area contributed by atoms with Crippen LogP contribution >= 0.6 is 0 Å². The number of hydrogen-bond donors (Lipinski definition) is 1. The molecule has 3 fully saturated rings. The first kappa shape index (κ1) is 37.9. The van der Waals surface area contributed by atoms with Crippen molar-refractivity contribution in [3.63, 3.8) is 0 Å². The topological polar surface area (TPSA) is 25.0 Å². The van der Waals surface area contributed by atoms with Gasteiger partial charge in [-0.15, -0.1) is 0 Å². The van der Waals surface area contributed by atoms with Crippen LogP contribution in [0.2, 0.25) is 0 Å². The molecule has 0 atom stereocenters. The Bertz CT molecular complexity index is 465. The predicted octanol–water partition coefficient (Wildman–Crippen LogP) is 6.01. The molecule has 0 aromatic heterocycles. The summed E-state index contributed by atoms with van der Waals surface area (Å²) in [6, 6.07) is 0. The van der Waals surface area contributed by atoms with E-state index in [9.17, 15) is 0 Å². The molecule has 3 saturated heterocycles. The summed E-state index contributed by atoms with van der Waals surface area (Å²) in [5, 5.41) is 3.36. The average molecular weight is 514 g/mol. The van der Waals surface area contributed by atoms with Crippen LogP contribution in [0.1, 0.15) is 96.4 Å². The summed E-state index contributed by atoms with van der Waals surface area (Å²) in [6.45, 7) is 36.9. The standard InChI is InChI=1S/C10H22N2.C10H21N.C9H20N2.2CH4/c1-10(2,3)9-12-7-5-11(4)6-8-12;1-10(2,3)9-11-7-5-4-6-8-11;1-9(2,3)8-11-6-4-10-5-7-11;;/h5-9H2,1-4H3;4-9H2,1-3H3;10H,4-8H2,1-3H3;2*1H4. The number of rotatable bonds is 3. The Labute approximate surface area is 229 Å². The van der Waals surface area contributed by atoms with Crippen molar-refractivity contribution in [2.45, 2.75) is 96.4 Å². The molecule has 3 aliphatic heterocycles. The number of nitrogens with zero attached hydrogens (tertiary/aromatic N) is 4. The molecule has 0 aliphatic carbocycles. The molecule has 0 radical (unpaired) electrons. The molecule has 0 spiro atoms. The zero-order valence-corrected chi connectivity index (χ0v) is 25.1. The van der Waals surface area contributed by atoms with Crippen LogP contribution in [-0.4, -0.2) is 112 Å². The van der Waals surface area contributed by atoms with Gasteiger partial charge in [-0.3, -0.25) is 0 Å². The number of piperazine rings is 2. The molecule has 1 N–H and O–H groups in total. The van der Waals surface area contributed by atoms with Gasteiger partial charge in [0.25, 0.3) is 0 Å². The van der Waals surface area contributed by atoms with Crippen LogP contribution < -0.4 is 5.32 Å². The van der Waals surface area contributed by atoms with Crippen molar-refractivity contribution >= 4 is 0 Å². The van der Waals surface area contributed by atoms with Crippen molar-refractivity contribution in [1.82, 2.24) is 24.9 Å². The molecule has 0 bridgehead atoms. The quantitative estimate of drug-likeness (QED) is 0.498. The number of likely N-dealkylation sites (tertiary alicyclic amines) is 1. The van der Waals surface area contributed by atoms with Gasteiger partial charge in [0.1, 0.15) is 0 Å². The van der Waals surface area contributed by atoms with Crippen LogP contribution in [0.15, 0.2) is 0 Å². The molecule has 3 rings (SSSR count). The van der Waals surface area contributed by atoms with Gasteiger partial charge in [0.05, 0.1) is 0 Å². The minimum Gasteiger partial charge on any atom is -0.314 e. The van der Waals surface area contributed by atoms with E-state index in [1.54, 1.807) is 0 Å². The summed E-state index contributed by atoms with van der Waals surface area (Å²) >= 11 is 0. The zero-order valence-electron chi connectivity index (χ0n) is 25.1. The fourth-order valence-electron chi connectivity index (χ4n) is 5.01. The normalized spacial score (nSPS) is 21.2. The molecule has 36 heavy (non-hydrogen) atoms. The molecular formula is C31H71N5. The van der Waals surface area contributed by atoms with Crippen molar-refractivity contribution in [3.05, 3.63) is 0 Å². The summed E-state index contributed by atoms with van der Waals surface area (Å²) in [4.78, 5) is 10.1. The largest absolute Gasteiger partial charge is 0.314 e. The van der Waals surface area contributed by atoms with E-state index in [1.165, 1.54) is 91.3 Å². The van der Waals surface area contributed by atoms with Crippen molar-refractivity contribution in [1.29, 1.82) is 0 Å². The van der Waals surface area contributed by atoms with E-state index in [1.807, 2.05) is 0 Å². The molecular weight excluding hydrogens is 442 g/mol. The van der Waals surface area contributed by atoms with E-state index < -0.39 is 0 Å². The number of nitrogens with one attached hydrogen (secondary N) is 1. The first-order chi connectivity index (χ1) is 15.6. The van der Waals surface area contributed by atoms with Gasteiger partial charge < -0.3 is 24.9 Å². The Morgan fingerprint density at radius 2 is 0.806 bits per heavy atom. The van der Waals surface area contributed by atoms with Crippen LogP contribution in [0.3, 0.4) is 0 Å². The van der Waals surface area contributed by atoms with E-state index >= 15 is 0 Å². The maximum absolute atomic E-state index is 3.36. The Morgan fingerprint density at radius 3 is 1.17 bits per heavy atom. The second-order valence-corrected chi connectivity index (χ2v) is 14.6. The lowest BCUT2D eigenvalue weighted by Gasteiger charge is -2.36. The van der Waals surface area contributed by atoms with E-state index in [-0.39, 0.29) is 14.9 Å². The zero-order chi connectivity index (χ0) is 25.8. The van der Waals surface area contributed by atoms with E-state index in [4.69, 9.17) is 0 Å². The first-order valence-electron chi connectivity index (χ1n) is 14.2. The molecule has 3 aliphatic rings. The molecule has 0 amide bonds. The maximum atomic E-state index is 3.36. The summed E-state index contributed by atoms with van der Waals surface area (Å²) in [7, 11) is 2.20. The third-order valence-electron chi connectivity index (χ3n) is 6.35.